The minimum atomic E-state index is -0.332. The summed E-state index contributed by atoms with van der Waals surface area (Å²) >= 11 is 3.15. The first-order valence-corrected chi connectivity index (χ1v) is 6.56. The highest BCUT2D eigenvalue weighted by Gasteiger charge is 2.07. The van der Waals surface area contributed by atoms with Crippen molar-refractivity contribution in [1.29, 1.82) is 0 Å². The zero-order chi connectivity index (χ0) is 13.1. The Labute approximate surface area is 113 Å². The van der Waals surface area contributed by atoms with Crippen molar-refractivity contribution in [1.82, 2.24) is 4.98 Å². The lowest BCUT2D eigenvalue weighted by molar-refractivity contribution is 0.271. The van der Waals surface area contributed by atoms with E-state index in [-0.39, 0.29) is 18.5 Å². The number of hydrogen-bond donors (Lipinski definition) is 2. The van der Waals surface area contributed by atoms with Gasteiger partial charge in [0.05, 0.1) is 22.6 Å². The number of anilines is 1. The molecule has 0 bridgehead atoms. The number of halogens is 2. The van der Waals surface area contributed by atoms with Crippen LogP contribution in [-0.4, -0.2) is 22.7 Å². The first kappa shape index (κ1) is 13.2. The normalized spacial score (nSPS) is 12.7. The average Bonchev–Trinajstić information content (AvgIpc) is 2.37. The van der Waals surface area contributed by atoms with Crippen LogP contribution in [0.3, 0.4) is 0 Å². The molecule has 0 unspecified atom stereocenters. The standard InChI is InChI=1S/C13H14BrFN2O/c1-2-9(7-18)16-13-4-3-8-5-10(14)11(15)6-12(8)17-13/h3-6,9,18H,2,7H2,1H3,(H,16,17)/t9-/m0/s1. The Kier molecular flexibility index (Phi) is 4.14. The number of rotatable bonds is 4. The van der Waals surface area contributed by atoms with Gasteiger partial charge in [0.25, 0.3) is 0 Å². The second kappa shape index (κ2) is 5.63. The summed E-state index contributed by atoms with van der Waals surface area (Å²) in [5.41, 5.74) is 0.591. The van der Waals surface area contributed by atoms with Gasteiger partial charge in [0.1, 0.15) is 11.6 Å². The van der Waals surface area contributed by atoms with Crippen molar-refractivity contribution in [3.05, 3.63) is 34.6 Å². The van der Waals surface area contributed by atoms with Gasteiger partial charge in [0, 0.05) is 11.5 Å². The van der Waals surface area contributed by atoms with Crippen LogP contribution in [0, 0.1) is 5.82 Å². The fourth-order valence-electron chi connectivity index (χ4n) is 1.68. The molecule has 1 aromatic heterocycles. The van der Waals surface area contributed by atoms with E-state index in [1.165, 1.54) is 6.07 Å². The van der Waals surface area contributed by atoms with E-state index in [0.29, 0.717) is 15.8 Å². The Balaban J connectivity index is 2.35. The smallest absolute Gasteiger partial charge is 0.139 e. The second-order valence-electron chi connectivity index (χ2n) is 4.09. The van der Waals surface area contributed by atoms with E-state index >= 15 is 0 Å². The van der Waals surface area contributed by atoms with Gasteiger partial charge in [-0.15, -0.1) is 0 Å². The van der Waals surface area contributed by atoms with E-state index in [9.17, 15) is 4.39 Å². The fourth-order valence-corrected chi connectivity index (χ4v) is 2.05. The Morgan fingerprint density at radius 3 is 2.89 bits per heavy atom. The second-order valence-corrected chi connectivity index (χ2v) is 4.94. The van der Waals surface area contributed by atoms with Crippen molar-refractivity contribution in [3.63, 3.8) is 0 Å². The molecule has 0 aliphatic carbocycles. The maximum Gasteiger partial charge on any atom is 0.139 e. The lowest BCUT2D eigenvalue weighted by Gasteiger charge is -2.15. The predicted octanol–water partition coefficient (Wildman–Crippen LogP) is 3.32. The maximum atomic E-state index is 13.4. The predicted molar refractivity (Wildman–Crippen MR) is 74.2 cm³/mol. The molecule has 0 aliphatic heterocycles. The lowest BCUT2D eigenvalue weighted by atomic mass is 10.2. The quantitative estimate of drug-likeness (QED) is 0.910. The van der Waals surface area contributed by atoms with E-state index in [0.717, 1.165) is 11.8 Å². The maximum absolute atomic E-state index is 13.4. The molecule has 0 amide bonds. The molecule has 0 fully saturated rings. The van der Waals surface area contributed by atoms with Gasteiger partial charge in [-0.1, -0.05) is 6.92 Å². The van der Waals surface area contributed by atoms with Crippen LogP contribution in [0.5, 0.6) is 0 Å². The van der Waals surface area contributed by atoms with Crippen LogP contribution in [-0.2, 0) is 0 Å². The summed E-state index contributed by atoms with van der Waals surface area (Å²) in [4.78, 5) is 4.33. The number of aromatic nitrogens is 1. The van der Waals surface area contributed by atoms with E-state index in [1.54, 1.807) is 6.07 Å². The van der Waals surface area contributed by atoms with Gasteiger partial charge in [0.2, 0.25) is 0 Å². The summed E-state index contributed by atoms with van der Waals surface area (Å²) in [6, 6.07) is 6.76. The summed E-state index contributed by atoms with van der Waals surface area (Å²) in [5.74, 6) is 0.312. The van der Waals surface area contributed by atoms with Crippen LogP contribution in [0.25, 0.3) is 10.9 Å². The molecule has 18 heavy (non-hydrogen) atoms. The molecule has 1 aromatic carbocycles. The highest BCUT2D eigenvalue weighted by atomic mass is 79.9. The molecule has 1 heterocycles. The van der Waals surface area contributed by atoms with Gasteiger partial charge >= 0.3 is 0 Å². The molecule has 0 saturated heterocycles. The Morgan fingerprint density at radius 1 is 1.44 bits per heavy atom. The van der Waals surface area contributed by atoms with Crippen molar-refractivity contribution in [2.24, 2.45) is 0 Å². The molecule has 0 radical (unpaired) electrons. The van der Waals surface area contributed by atoms with E-state index in [2.05, 4.69) is 26.2 Å². The third kappa shape index (κ3) is 2.79. The molecular formula is C13H14BrFN2O. The first-order valence-electron chi connectivity index (χ1n) is 5.77. The minimum absolute atomic E-state index is 0.0322. The van der Waals surface area contributed by atoms with Crippen molar-refractivity contribution in [2.75, 3.05) is 11.9 Å². The number of aliphatic hydroxyl groups excluding tert-OH is 1. The van der Waals surface area contributed by atoms with Crippen molar-refractivity contribution in [3.8, 4) is 0 Å². The van der Waals surface area contributed by atoms with Crippen molar-refractivity contribution < 1.29 is 9.50 Å². The largest absolute Gasteiger partial charge is 0.394 e. The number of hydrogen-bond acceptors (Lipinski definition) is 3. The average molecular weight is 313 g/mol. The molecule has 5 heteroatoms. The molecule has 2 N–H and O–H groups in total. The van der Waals surface area contributed by atoms with E-state index in [4.69, 9.17) is 5.11 Å². The van der Waals surface area contributed by atoms with Crippen molar-refractivity contribution in [2.45, 2.75) is 19.4 Å². The monoisotopic (exact) mass is 312 g/mol. The van der Waals surface area contributed by atoms with Gasteiger partial charge < -0.3 is 10.4 Å². The molecule has 1 atom stereocenters. The van der Waals surface area contributed by atoms with Gasteiger partial charge in [-0.05, 0) is 40.5 Å². The molecule has 0 saturated carbocycles. The molecule has 0 spiro atoms. The summed E-state index contributed by atoms with van der Waals surface area (Å²) in [5, 5.41) is 13.1. The SMILES string of the molecule is CC[C@@H](CO)Nc1ccc2cc(Br)c(F)cc2n1. The number of aliphatic hydroxyl groups is 1. The number of benzene rings is 1. The Morgan fingerprint density at radius 2 is 2.22 bits per heavy atom. The topological polar surface area (TPSA) is 45.1 Å². The molecule has 3 nitrogen and oxygen atoms in total. The lowest BCUT2D eigenvalue weighted by Crippen LogP contribution is -2.23. The highest BCUT2D eigenvalue weighted by Crippen LogP contribution is 2.23. The Bertz CT molecular complexity index is 558. The first-order chi connectivity index (χ1) is 8.63. The third-order valence-electron chi connectivity index (χ3n) is 2.80. The van der Waals surface area contributed by atoms with E-state index < -0.39 is 0 Å². The molecule has 2 rings (SSSR count). The number of nitrogens with one attached hydrogen (secondary N) is 1. The van der Waals surface area contributed by atoms with Gasteiger partial charge in [0.15, 0.2) is 0 Å². The van der Waals surface area contributed by atoms with Crippen LogP contribution >= 0.6 is 15.9 Å². The van der Waals surface area contributed by atoms with Gasteiger partial charge in [-0.3, -0.25) is 0 Å². The van der Waals surface area contributed by atoms with Crippen LogP contribution < -0.4 is 5.32 Å². The summed E-state index contributed by atoms with van der Waals surface area (Å²) < 4.78 is 13.9. The number of nitrogens with zero attached hydrogens (tertiary/aromatic N) is 1. The van der Waals surface area contributed by atoms with Crippen LogP contribution in [0.15, 0.2) is 28.7 Å². The molecule has 2 aromatic rings. The van der Waals surface area contributed by atoms with Crippen LogP contribution in [0.1, 0.15) is 13.3 Å². The van der Waals surface area contributed by atoms with Gasteiger partial charge in [-0.25, -0.2) is 9.37 Å². The molecular weight excluding hydrogens is 299 g/mol. The zero-order valence-corrected chi connectivity index (χ0v) is 11.5. The highest BCUT2D eigenvalue weighted by molar-refractivity contribution is 9.10. The summed E-state index contributed by atoms with van der Waals surface area (Å²) in [6.45, 7) is 2.02. The van der Waals surface area contributed by atoms with Gasteiger partial charge in [-0.2, -0.15) is 0 Å². The van der Waals surface area contributed by atoms with E-state index in [1.807, 2.05) is 19.1 Å². The molecule has 0 aliphatic rings. The third-order valence-corrected chi connectivity index (χ3v) is 3.40. The number of pyridine rings is 1. The zero-order valence-electron chi connectivity index (χ0n) is 9.95. The molecule has 96 valence electrons. The Hall–Kier alpha value is -1.20. The van der Waals surface area contributed by atoms with Crippen molar-refractivity contribution >= 4 is 32.7 Å². The van der Waals surface area contributed by atoms with Crippen LogP contribution in [0.4, 0.5) is 10.2 Å². The number of fused-ring (bicyclic) bond motifs is 1. The van der Waals surface area contributed by atoms with Crippen LogP contribution in [0.2, 0.25) is 0 Å². The summed E-state index contributed by atoms with van der Waals surface area (Å²) in [7, 11) is 0. The minimum Gasteiger partial charge on any atom is -0.394 e. The fraction of sp³-hybridized carbons (Fsp3) is 0.308. The summed E-state index contributed by atoms with van der Waals surface area (Å²) in [6.07, 6.45) is 0.797.